The van der Waals surface area contributed by atoms with Crippen molar-refractivity contribution in [1.29, 1.82) is 0 Å². The van der Waals surface area contributed by atoms with Gasteiger partial charge in [-0.2, -0.15) is 0 Å². The molecular weight excluding hydrogens is 827 g/mol. The van der Waals surface area contributed by atoms with E-state index in [1.54, 1.807) is 13.0 Å². The number of benzene rings is 1. The number of hydrogen-bond acceptors (Lipinski definition) is 15. The van der Waals surface area contributed by atoms with Crippen LogP contribution in [0, 0.1) is 17.8 Å². The zero-order chi connectivity index (χ0) is 46.3. The predicted octanol–water partition coefficient (Wildman–Crippen LogP) is 4.19. The highest BCUT2D eigenvalue weighted by molar-refractivity contribution is 6.10. The Bertz CT molecular complexity index is 2180. The van der Waals surface area contributed by atoms with Crippen molar-refractivity contribution in [3.8, 4) is 17.2 Å². The van der Waals surface area contributed by atoms with Gasteiger partial charge in [-0.15, -0.1) is 0 Å². The molecule has 0 aromatic heterocycles. The van der Waals surface area contributed by atoms with Crippen molar-refractivity contribution in [2.24, 2.45) is 17.8 Å². The number of allylic oxidation sites excluding steroid dienone is 4. The summed E-state index contributed by atoms with van der Waals surface area (Å²) in [7, 11) is 1.29. The number of hydrogen-bond donors (Lipinski definition) is 4. The number of esters is 1. The topological polar surface area (TPSA) is 200 Å². The van der Waals surface area contributed by atoms with Crippen LogP contribution in [-0.4, -0.2) is 142 Å². The lowest BCUT2D eigenvalue weighted by molar-refractivity contribution is -0.277. The maximum absolute atomic E-state index is 16.5. The number of nitrogens with zero attached hydrogens (tertiary/aromatic N) is 1. The van der Waals surface area contributed by atoms with E-state index >= 15 is 9.59 Å². The van der Waals surface area contributed by atoms with Gasteiger partial charge in [0.25, 0.3) is 0 Å². The van der Waals surface area contributed by atoms with Crippen molar-refractivity contribution < 1.29 is 68.0 Å². The molecular formula is C49H65NO14. The first kappa shape index (κ1) is 46.6. The Morgan fingerprint density at radius 3 is 2.30 bits per heavy atom. The summed E-state index contributed by atoms with van der Waals surface area (Å²) in [5.41, 5.74) is -1.73. The standard InChI is InChI=1S/C49H65NO14/c1-25(2)11-10-16-47(8)17-15-29-40(62-47)28(13-12-26(3)4)42-33(41(29)61-45-39(55)38(54)36(52)31(24-51)60-45)37(53)34-35(50-19-21-59-22-20-50)30-23-32-46(6,7)64-48(43(30)56,49(32,34)63-42)18-14-27(5)44(57)58-9/h11-12,14-15,17,30-32,34-36,38-39,45,51-52,54-55H,10,13,16,18-24H2,1-9H3/t30?,31-,32?,34?,35?,36-,38-,39-,45+,47?,48?,49?/m1/s1. The molecule has 1 aromatic carbocycles. The first-order valence-electron chi connectivity index (χ1n) is 22.6. The van der Waals surface area contributed by atoms with Crippen molar-refractivity contribution >= 4 is 23.6 Å². The van der Waals surface area contributed by atoms with E-state index in [9.17, 15) is 25.2 Å². The van der Waals surface area contributed by atoms with Crippen LogP contribution in [0.5, 0.6) is 17.2 Å². The summed E-state index contributed by atoms with van der Waals surface area (Å²) < 4.78 is 45.3. The number of carbonyl (C=O) groups excluding carboxylic acids is 3. The van der Waals surface area contributed by atoms with E-state index in [2.05, 4.69) is 11.0 Å². The van der Waals surface area contributed by atoms with Crippen molar-refractivity contribution in [2.75, 3.05) is 40.0 Å². The minimum absolute atomic E-state index is 0.0331. The zero-order valence-electron chi connectivity index (χ0n) is 38.5. The summed E-state index contributed by atoms with van der Waals surface area (Å²) in [6, 6.07) is -0.632. The molecule has 4 bridgehead atoms. The van der Waals surface area contributed by atoms with Crippen LogP contribution in [0.4, 0.5) is 0 Å². The van der Waals surface area contributed by atoms with Crippen LogP contribution in [-0.2, 0) is 35.0 Å². The molecule has 0 radical (unpaired) electrons. The number of aliphatic hydroxyl groups is 4. The number of carbonyl (C=O) groups is 3. The van der Waals surface area contributed by atoms with E-state index in [1.807, 2.05) is 66.7 Å². The quantitative estimate of drug-likeness (QED) is 0.132. The lowest BCUT2D eigenvalue weighted by Crippen LogP contribution is -2.82. The molecule has 1 spiro atoms. The van der Waals surface area contributed by atoms with Crippen LogP contribution in [0.25, 0.3) is 6.08 Å². The van der Waals surface area contributed by atoms with Crippen LogP contribution in [0.15, 0.2) is 41.0 Å². The van der Waals surface area contributed by atoms with Gasteiger partial charge in [-0.25, -0.2) is 4.79 Å². The van der Waals surface area contributed by atoms with Gasteiger partial charge in [0.1, 0.15) is 52.8 Å². The number of fused-ring (bicyclic) bond motifs is 2. The summed E-state index contributed by atoms with van der Waals surface area (Å²) in [6.07, 6.45) is 3.27. The number of Topliss-reactive ketones (excluding diaryl/α,β-unsaturated/α-hetero) is 2. The highest BCUT2D eigenvalue weighted by Crippen LogP contribution is 2.71. The second-order valence-electron chi connectivity index (χ2n) is 19.9. The summed E-state index contributed by atoms with van der Waals surface area (Å²) >= 11 is 0. The Hall–Kier alpha value is -3.93. The summed E-state index contributed by atoms with van der Waals surface area (Å²) in [5, 5.41) is 43.2. The van der Waals surface area contributed by atoms with Gasteiger partial charge in [0.05, 0.1) is 44.0 Å². The first-order valence-corrected chi connectivity index (χ1v) is 22.6. The maximum Gasteiger partial charge on any atom is 0.333 e. The van der Waals surface area contributed by atoms with Crippen molar-refractivity contribution in [3.63, 3.8) is 0 Å². The van der Waals surface area contributed by atoms with Crippen LogP contribution >= 0.6 is 0 Å². The first-order chi connectivity index (χ1) is 30.3. The number of ether oxygens (including phenoxy) is 7. The smallest absolute Gasteiger partial charge is 0.333 e. The Kier molecular flexibility index (Phi) is 12.4. The molecule has 15 nitrogen and oxygen atoms in total. The number of methoxy groups -OCH3 is 1. The Balaban J connectivity index is 1.42. The normalized spacial score (nSPS) is 37.1. The molecule has 7 unspecified atom stereocenters. The van der Waals surface area contributed by atoms with Crippen LogP contribution in [0.2, 0.25) is 0 Å². The Labute approximate surface area is 375 Å². The van der Waals surface area contributed by atoms with Gasteiger partial charge in [0.15, 0.2) is 22.8 Å². The molecule has 3 saturated heterocycles. The Morgan fingerprint density at radius 2 is 1.64 bits per heavy atom. The molecule has 5 aliphatic heterocycles. The highest BCUT2D eigenvalue weighted by Gasteiger charge is 2.86. The Morgan fingerprint density at radius 1 is 0.938 bits per heavy atom. The van der Waals surface area contributed by atoms with Gasteiger partial charge in [-0.3, -0.25) is 14.5 Å². The van der Waals surface area contributed by atoms with Crippen molar-refractivity contribution in [3.05, 3.63) is 57.7 Å². The highest BCUT2D eigenvalue weighted by atomic mass is 16.7. The fraction of sp³-hybridized carbons (Fsp3) is 0.653. The lowest BCUT2D eigenvalue weighted by Gasteiger charge is -2.64. The number of ketones is 2. The largest absolute Gasteiger partial charge is 0.482 e. The molecule has 350 valence electrons. The fourth-order valence-corrected chi connectivity index (χ4v) is 11.6. The van der Waals surface area contributed by atoms with Gasteiger partial charge >= 0.3 is 5.97 Å². The average Bonchev–Trinajstić information content (AvgIpc) is 3.40. The van der Waals surface area contributed by atoms with Crippen molar-refractivity contribution in [1.82, 2.24) is 4.90 Å². The van der Waals surface area contributed by atoms with E-state index in [0.29, 0.717) is 62.4 Å². The third-order valence-electron chi connectivity index (χ3n) is 14.8. The van der Waals surface area contributed by atoms with Gasteiger partial charge in [-0.05, 0) is 93.2 Å². The molecule has 6 fully saturated rings. The maximum atomic E-state index is 16.5. The summed E-state index contributed by atoms with van der Waals surface area (Å²) in [4.78, 5) is 47.0. The van der Waals surface area contributed by atoms with Crippen LogP contribution in [0.3, 0.4) is 0 Å². The van der Waals surface area contributed by atoms with Gasteiger partial charge < -0.3 is 53.6 Å². The second kappa shape index (κ2) is 17.1. The number of rotatable bonds is 12. The minimum Gasteiger partial charge on any atom is -0.482 e. The molecule has 1 aromatic rings. The van der Waals surface area contributed by atoms with E-state index in [0.717, 1.165) is 11.1 Å². The van der Waals surface area contributed by atoms with Crippen molar-refractivity contribution in [2.45, 2.75) is 147 Å². The predicted molar refractivity (Wildman–Crippen MR) is 233 cm³/mol. The molecule has 9 rings (SSSR count). The van der Waals surface area contributed by atoms with E-state index in [4.69, 9.17) is 33.2 Å². The lowest BCUT2D eigenvalue weighted by atomic mass is 9.44. The third-order valence-corrected chi connectivity index (χ3v) is 14.8. The van der Waals surface area contributed by atoms with Gasteiger partial charge in [0, 0.05) is 48.5 Å². The van der Waals surface area contributed by atoms with Gasteiger partial charge in [0.2, 0.25) is 6.29 Å². The summed E-state index contributed by atoms with van der Waals surface area (Å²) in [5.74, 6) is -2.80. The van der Waals surface area contributed by atoms with Crippen LogP contribution < -0.4 is 14.2 Å². The molecule has 4 N–H and O–H groups in total. The molecule has 0 amide bonds. The SMILES string of the molecule is COC(=O)C(C)=CCC12OC(C)(C)C3CC(C1=O)C(N1CCOCC1)C1C(=O)c4c(O[C@@H]5O[C@H](CO)[C@@H](O)[C@@H](O)[C@H]5O)c5c(c(CC=C(C)C)c4OC132)OC(C)(CCC=C(C)C)C=C5. The van der Waals surface area contributed by atoms with E-state index in [-0.39, 0.29) is 47.0 Å². The molecule has 64 heavy (non-hydrogen) atoms. The average molecular weight is 892 g/mol. The fourth-order valence-electron chi connectivity index (χ4n) is 11.6. The van der Waals surface area contributed by atoms with E-state index in [1.165, 1.54) is 7.11 Å². The van der Waals surface area contributed by atoms with Crippen LogP contribution in [0.1, 0.15) is 103 Å². The third kappa shape index (κ3) is 7.29. The molecule has 5 heterocycles. The molecule has 12 atom stereocenters. The monoisotopic (exact) mass is 891 g/mol. The minimum atomic E-state index is -1.80. The molecule has 3 aliphatic carbocycles. The number of morpholine rings is 1. The molecule has 3 saturated carbocycles. The zero-order valence-corrected chi connectivity index (χ0v) is 38.5. The second-order valence-corrected chi connectivity index (χ2v) is 19.9. The number of aliphatic hydroxyl groups excluding tert-OH is 4. The molecule has 8 aliphatic rings. The molecule has 15 heteroatoms. The van der Waals surface area contributed by atoms with Gasteiger partial charge in [-0.1, -0.05) is 29.4 Å². The summed E-state index contributed by atoms with van der Waals surface area (Å²) in [6.45, 7) is 16.5. The van der Waals surface area contributed by atoms with E-state index < -0.39 is 89.5 Å².